The van der Waals surface area contributed by atoms with Crippen LogP contribution in [-0.4, -0.2) is 72.9 Å². The van der Waals surface area contributed by atoms with Crippen LogP contribution >= 0.6 is 0 Å². The van der Waals surface area contributed by atoms with Crippen LogP contribution in [0.15, 0.2) is 42.7 Å². The van der Waals surface area contributed by atoms with Crippen molar-refractivity contribution in [3.05, 3.63) is 48.3 Å². The molecule has 2 amide bonds. The Kier molecular flexibility index (Phi) is 7.42. The van der Waals surface area contributed by atoms with E-state index in [1.165, 1.54) is 4.80 Å². The van der Waals surface area contributed by atoms with Gasteiger partial charge in [0, 0.05) is 30.9 Å². The number of aromatic nitrogens is 5. The van der Waals surface area contributed by atoms with Gasteiger partial charge in [-0.25, -0.2) is 4.79 Å². The van der Waals surface area contributed by atoms with Crippen LogP contribution < -0.4 is 10.1 Å². The highest BCUT2D eigenvalue weighted by Crippen LogP contribution is 2.36. The van der Waals surface area contributed by atoms with E-state index in [0.717, 1.165) is 0 Å². The Balaban J connectivity index is 1.71. The monoisotopic (exact) mass is 507 g/mol. The number of alkyl carbamates (subject to hydrolysis) is 1. The van der Waals surface area contributed by atoms with E-state index in [1.807, 2.05) is 46.4 Å². The SMILES string of the molecule is CC(C)N1C[C@H](C)C(CNC(=O)OC(C)(C)C)Oc2c(cccc2-c2nnn(-c3ccncc3)n2)C1=O. The second kappa shape index (κ2) is 10.5. The zero-order chi connectivity index (χ0) is 26.7. The molecule has 1 unspecified atom stereocenters. The molecule has 1 aliphatic rings. The van der Waals surface area contributed by atoms with Crippen molar-refractivity contribution in [1.82, 2.24) is 35.4 Å². The number of nitrogens with zero attached hydrogens (tertiary/aromatic N) is 6. The Hall–Kier alpha value is -4.02. The van der Waals surface area contributed by atoms with Gasteiger partial charge in [-0.2, -0.15) is 0 Å². The minimum atomic E-state index is -0.621. The number of benzene rings is 1. The van der Waals surface area contributed by atoms with E-state index in [4.69, 9.17) is 9.47 Å². The summed E-state index contributed by atoms with van der Waals surface area (Å²) in [7, 11) is 0. The van der Waals surface area contributed by atoms with Crippen molar-refractivity contribution >= 4 is 12.0 Å². The molecule has 1 aliphatic heterocycles. The number of rotatable bonds is 5. The van der Waals surface area contributed by atoms with Gasteiger partial charge in [0.25, 0.3) is 5.91 Å². The third kappa shape index (κ3) is 6.04. The number of tetrazole rings is 1. The summed E-state index contributed by atoms with van der Waals surface area (Å²) in [6.07, 6.45) is 2.31. The minimum Gasteiger partial charge on any atom is -0.487 e. The molecule has 0 fully saturated rings. The van der Waals surface area contributed by atoms with Gasteiger partial charge in [-0.3, -0.25) is 9.78 Å². The first-order chi connectivity index (χ1) is 17.5. The van der Waals surface area contributed by atoms with Crippen molar-refractivity contribution in [3.63, 3.8) is 0 Å². The molecule has 11 heteroatoms. The average molecular weight is 508 g/mol. The first-order valence-electron chi connectivity index (χ1n) is 12.3. The van der Waals surface area contributed by atoms with Gasteiger partial charge in [0.05, 0.1) is 23.4 Å². The quantitative estimate of drug-likeness (QED) is 0.556. The van der Waals surface area contributed by atoms with Gasteiger partial charge in [0.15, 0.2) is 0 Å². The summed E-state index contributed by atoms with van der Waals surface area (Å²) < 4.78 is 11.9. The highest BCUT2D eigenvalue weighted by Gasteiger charge is 2.34. The zero-order valence-corrected chi connectivity index (χ0v) is 22.0. The van der Waals surface area contributed by atoms with Crippen LogP contribution in [0.5, 0.6) is 5.75 Å². The third-order valence-electron chi connectivity index (χ3n) is 5.91. The summed E-state index contributed by atoms with van der Waals surface area (Å²) in [5.74, 6) is 0.432. The molecule has 0 bridgehead atoms. The Morgan fingerprint density at radius 3 is 2.57 bits per heavy atom. The van der Waals surface area contributed by atoms with Crippen molar-refractivity contribution in [3.8, 4) is 22.8 Å². The molecular formula is C26H33N7O4. The number of pyridine rings is 1. The predicted molar refractivity (Wildman–Crippen MR) is 136 cm³/mol. The van der Waals surface area contributed by atoms with Crippen LogP contribution in [0.3, 0.4) is 0 Å². The molecule has 0 spiro atoms. The van der Waals surface area contributed by atoms with Crippen LogP contribution in [-0.2, 0) is 4.74 Å². The van der Waals surface area contributed by atoms with E-state index in [9.17, 15) is 9.59 Å². The van der Waals surface area contributed by atoms with E-state index in [1.54, 1.807) is 42.7 Å². The highest BCUT2D eigenvalue weighted by molar-refractivity contribution is 5.99. The number of para-hydroxylation sites is 1. The summed E-state index contributed by atoms with van der Waals surface area (Å²) in [4.78, 5) is 33.2. The molecule has 3 aromatic rings. The maximum atomic E-state index is 13.6. The van der Waals surface area contributed by atoms with Gasteiger partial charge >= 0.3 is 6.09 Å². The molecule has 0 aliphatic carbocycles. The van der Waals surface area contributed by atoms with Crippen molar-refractivity contribution < 1.29 is 19.1 Å². The van der Waals surface area contributed by atoms with E-state index in [0.29, 0.717) is 34.9 Å². The van der Waals surface area contributed by atoms with Gasteiger partial charge in [-0.05, 0) is 64.1 Å². The summed E-state index contributed by atoms with van der Waals surface area (Å²) in [5.41, 5.74) is 1.01. The third-order valence-corrected chi connectivity index (χ3v) is 5.91. The van der Waals surface area contributed by atoms with E-state index < -0.39 is 17.8 Å². The van der Waals surface area contributed by atoms with Crippen molar-refractivity contribution in [2.75, 3.05) is 13.1 Å². The van der Waals surface area contributed by atoms with Gasteiger partial charge in [0.2, 0.25) is 5.82 Å². The van der Waals surface area contributed by atoms with Crippen LogP contribution in [0, 0.1) is 5.92 Å². The fourth-order valence-electron chi connectivity index (χ4n) is 4.04. The van der Waals surface area contributed by atoms with E-state index in [-0.39, 0.29) is 24.4 Å². The second-order valence-electron chi connectivity index (χ2n) is 10.4. The number of fused-ring (bicyclic) bond motifs is 1. The number of carbonyl (C=O) groups excluding carboxylic acids is 2. The van der Waals surface area contributed by atoms with Crippen molar-refractivity contribution in [1.29, 1.82) is 0 Å². The zero-order valence-electron chi connectivity index (χ0n) is 22.0. The Morgan fingerprint density at radius 1 is 1.19 bits per heavy atom. The van der Waals surface area contributed by atoms with Gasteiger partial charge in [-0.15, -0.1) is 15.0 Å². The van der Waals surface area contributed by atoms with Crippen LogP contribution in [0.25, 0.3) is 17.1 Å². The Morgan fingerprint density at radius 2 is 1.89 bits per heavy atom. The molecule has 0 saturated carbocycles. The smallest absolute Gasteiger partial charge is 0.407 e. The maximum Gasteiger partial charge on any atom is 0.407 e. The molecule has 1 aromatic carbocycles. The summed E-state index contributed by atoms with van der Waals surface area (Å²) in [5, 5.41) is 15.7. The standard InChI is InChI=1S/C26H33N7O4/c1-16(2)32-15-17(3)21(14-28-25(35)37-26(4,5)6)36-22-19(8-7-9-20(22)24(32)34)23-29-31-33(30-23)18-10-12-27-13-11-18/h7-13,16-17,21H,14-15H2,1-6H3,(H,28,35)/t17-,21?/m0/s1. The molecule has 11 nitrogen and oxygen atoms in total. The lowest BCUT2D eigenvalue weighted by atomic mass is 9.98. The lowest BCUT2D eigenvalue weighted by molar-refractivity contribution is 0.0403. The molecule has 3 heterocycles. The summed E-state index contributed by atoms with van der Waals surface area (Å²) in [6, 6.07) is 8.81. The number of carbonyl (C=O) groups is 2. The fourth-order valence-corrected chi connectivity index (χ4v) is 4.04. The van der Waals surface area contributed by atoms with Gasteiger partial charge < -0.3 is 19.7 Å². The molecule has 1 N–H and O–H groups in total. The van der Waals surface area contributed by atoms with Crippen LogP contribution in [0.2, 0.25) is 0 Å². The number of hydrogen-bond acceptors (Lipinski definition) is 8. The molecule has 2 aromatic heterocycles. The van der Waals surface area contributed by atoms with Crippen LogP contribution in [0.1, 0.15) is 51.9 Å². The number of ether oxygens (including phenoxy) is 2. The van der Waals surface area contributed by atoms with Crippen LogP contribution in [0.4, 0.5) is 4.79 Å². The average Bonchev–Trinajstić information content (AvgIpc) is 3.33. The first kappa shape index (κ1) is 26.1. The minimum absolute atomic E-state index is 0.0327. The topological polar surface area (TPSA) is 124 Å². The second-order valence-corrected chi connectivity index (χ2v) is 10.4. The molecular weight excluding hydrogens is 474 g/mol. The largest absolute Gasteiger partial charge is 0.487 e. The lowest BCUT2D eigenvalue weighted by Crippen LogP contribution is -2.49. The lowest BCUT2D eigenvalue weighted by Gasteiger charge is -2.37. The molecule has 2 atom stereocenters. The number of nitrogens with one attached hydrogen (secondary N) is 1. The maximum absolute atomic E-state index is 13.6. The number of amides is 2. The van der Waals surface area contributed by atoms with Crippen molar-refractivity contribution in [2.24, 2.45) is 5.92 Å². The van der Waals surface area contributed by atoms with Crippen molar-refractivity contribution in [2.45, 2.75) is 59.3 Å². The van der Waals surface area contributed by atoms with E-state index >= 15 is 0 Å². The molecule has 196 valence electrons. The predicted octanol–water partition coefficient (Wildman–Crippen LogP) is 3.50. The summed E-state index contributed by atoms with van der Waals surface area (Å²) in [6.45, 7) is 12.0. The normalized spacial score (nSPS) is 18.0. The number of hydrogen-bond donors (Lipinski definition) is 1. The van der Waals surface area contributed by atoms with Gasteiger partial charge in [0.1, 0.15) is 17.5 Å². The first-order valence-corrected chi connectivity index (χ1v) is 12.3. The molecule has 0 saturated heterocycles. The summed E-state index contributed by atoms with van der Waals surface area (Å²) >= 11 is 0. The van der Waals surface area contributed by atoms with Gasteiger partial charge in [-0.1, -0.05) is 13.0 Å². The van der Waals surface area contributed by atoms with E-state index in [2.05, 4.69) is 25.7 Å². The fraction of sp³-hybridized carbons (Fsp3) is 0.462. The molecule has 0 radical (unpaired) electrons. The molecule has 4 rings (SSSR count). The highest BCUT2D eigenvalue weighted by atomic mass is 16.6. The Bertz CT molecular complexity index is 1250. The molecule has 37 heavy (non-hydrogen) atoms. The Labute approximate surface area is 216 Å².